The van der Waals surface area contributed by atoms with E-state index in [1.165, 1.54) is 0 Å². The van der Waals surface area contributed by atoms with Crippen LogP contribution in [0.5, 0.6) is 0 Å². The molecule has 1 aromatic heterocycles. The first-order valence-electron chi connectivity index (χ1n) is 6.64. The highest BCUT2D eigenvalue weighted by Crippen LogP contribution is 2.28. The summed E-state index contributed by atoms with van der Waals surface area (Å²) in [5.41, 5.74) is 5.94. The van der Waals surface area contributed by atoms with Crippen molar-refractivity contribution in [3.05, 3.63) is 18.2 Å². The molecular formula is C13H22N4O2. The summed E-state index contributed by atoms with van der Waals surface area (Å²) in [4.78, 5) is 18.5. The highest BCUT2D eigenvalue weighted by atomic mass is 16.5. The van der Waals surface area contributed by atoms with Crippen molar-refractivity contribution in [1.82, 2.24) is 14.5 Å². The van der Waals surface area contributed by atoms with Crippen LogP contribution in [0.25, 0.3) is 0 Å². The molecule has 1 aliphatic rings. The minimum absolute atomic E-state index is 0.00236. The Labute approximate surface area is 113 Å². The van der Waals surface area contributed by atoms with Crippen molar-refractivity contribution in [2.75, 3.05) is 13.7 Å². The fraction of sp³-hybridized carbons (Fsp3) is 0.692. The Hall–Kier alpha value is -1.40. The van der Waals surface area contributed by atoms with Crippen LogP contribution in [-0.2, 0) is 23.1 Å². The van der Waals surface area contributed by atoms with Crippen LogP contribution in [-0.4, -0.2) is 46.2 Å². The summed E-state index contributed by atoms with van der Waals surface area (Å²) >= 11 is 0. The van der Waals surface area contributed by atoms with Crippen molar-refractivity contribution in [2.24, 2.45) is 12.8 Å². The van der Waals surface area contributed by atoms with Crippen LogP contribution in [0.3, 0.4) is 0 Å². The maximum atomic E-state index is 12.4. The number of carbonyl (C=O) groups excluding carboxylic acids is 1. The third-order valence-corrected chi connectivity index (χ3v) is 3.45. The van der Waals surface area contributed by atoms with Gasteiger partial charge in [-0.3, -0.25) is 4.79 Å². The Balaban J connectivity index is 1.99. The lowest BCUT2D eigenvalue weighted by Crippen LogP contribution is -2.45. The second-order valence-electron chi connectivity index (χ2n) is 5.04. The van der Waals surface area contributed by atoms with Crippen LogP contribution in [0, 0.1) is 0 Å². The molecule has 1 aliphatic carbocycles. The molecule has 0 saturated heterocycles. The summed E-state index contributed by atoms with van der Waals surface area (Å²) in [6.45, 7) is 1.04. The van der Waals surface area contributed by atoms with Gasteiger partial charge in [-0.1, -0.05) is 0 Å². The van der Waals surface area contributed by atoms with E-state index in [1.807, 2.05) is 22.7 Å². The number of carbonyl (C=O) groups is 1. The van der Waals surface area contributed by atoms with Crippen molar-refractivity contribution in [3.8, 4) is 0 Å². The molecule has 2 rings (SSSR count). The SMILES string of the molecule is COCCC(N)C(=O)N(Cc1nccn1C)C1CC1. The van der Waals surface area contributed by atoms with E-state index in [0.29, 0.717) is 25.6 Å². The number of amides is 1. The lowest BCUT2D eigenvalue weighted by atomic mass is 10.2. The molecule has 0 spiro atoms. The molecule has 106 valence electrons. The van der Waals surface area contributed by atoms with Gasteiger partial charge in [0.1, 0.15) is 5.82 Å². The Morgan fingerprint density at radius 2 is 2.42 bits per heavy atom. The molecule has 19 heavy (non-hydrogen) atoms. The smallest absolute Gasteiger partial charge is 0.240 e. The Morgan fingerprint density at radius 3 is 2.95 bits per heavy atom. The highest BCUT2D eigenvalue weighted by Gasteiger charge is 2.35. The first kappa shape index (κ1) is 14.0. The lowest BCUT2D eigenvalue weighted by Gasteiger charge is -2.25. The van der Waals surface area contributed by atoms with Crippen molar-refractivity contribution < 1.29 is 9.53 Å². The highest BCUT2D eigenvalue weighted by molar-refractivity contribution is 5.82. The number of aryl methyl sites for hydroxylation is 1. The molecule has 1 atom stereocenters. The van der Waals surface area contributed by atoms with Gasteiger partial charge < -0.3 is 19.9 Å². The number of ether oxygens (including phenoxy) is 1. The van der Waals surface area contributed by atoms with E-state index in [1.54, 1.807) is 13.3 Å². The van der Waals surface area contributed by atoms with Crippen LogP contribution < -0.4 is 5.73 Å². The van der Waals surface area contributed by atoms with Crippen molar-refractivity contribution in [3.63, 3.8) is 0 Å². The molecule has 0 radical (unpaired) electrons. The fourth-order valence-corrected chi connectivity index (χ4v) is 2.06. The van der Waals surface area contributed by atoms with Crippen LogP contribution in [0.15, 0.2) is 12.4 Å². The van der Waals surface area contributed by atoms with E-state index < -0.39 is 6.04 Å². The van der Waals surface area contributed by atoms with Gasteiger partial charge in [0.15, 0.2) is 0 Å². The lowest BCUT2D eigenvalue weighted by molar-refractivity contribution is -0.134. The normalized spacial score (nSPS) is 16.4. The van der Waals surface area contributed by atoms with E-state index >= 15 is 0 Å². The van der Waals surface area contributed by atoms with E-state index in [-0.39, 0.29) is 5.91 Å². The minimum atomic E-state index is -0.485. The molecule has 6 heteroatoms. The van der Waals surface area contributed by atoms with Crippen LogP contribution in [0.2, 0.25) is 0 Å². The largest absolute Gasteiger partial charge is 0.385 e. The number of aromatic nitrogens is 2. The van der Waals surface area contributed by atoms with Crippen LogP contribution in [0.4, 0.5) is 0 Å². The first-order chi connectivity index (χ1) is 9.13. The van der Waals surface area contributed by atoms with Gasteiger partial charge in [-0.15, -0.1) is 0 Å². The van der Waals surface area contributed by atoms with Gasteiger partial charge in [-0.25, -0.2) is 4.98 Å². The zero-order valence-corrected chi connectivity index (χ0v) is 11.6. The monoisotopic (exact) mass is 266 g/mol. The predicted octanol–water partition coefficient (Wildman–Crippen LogP) is 0.275. The summed E-state index contributed by atoms with van der Waals surface area (Å²) in [6, 6.07) is -0.154. The van der Waals surface area contributed by atoms with Gasteiger partial charge in [-0.2, -0.15) is 0 Å². The zero-order valence-electron chi connectivity index (χ0n) is 11.6. The van der Waals surface area contributed by atoms with Gasteiger partial charge in [0.05, 0.1) is 12.6 Å². The minimum Gasteiger partial charge on any atom is -0.385 e. The number of methoxy groups -OCH3 is 1. The Kier molecular flexibility index (Phi) is 4.55. The van der Waals surface area contributed by atoms with Crippen molar-refractivity contribution >= 4 is 5.91 Å². The summed E-state index contributed by atoms with van der Waals surface area (Å²) in [6.07, 6.45) is 6.31. The quantitative estimate of drug-likeness (QED) is 0.769. The number of nitrogens with two attached hydrogens (primary N) is 1. The summed E-state index contributed by atoms with van der Waals surface area (Å²) in [7, 11) is 3.55. The molecule has 1 fully saturated rings. The molecule has 1 amide bonds. The average Bonchev–Trinajstić information content (AvgIpc) is 3.16. The van der Waals surface area contributed by atoms with Crippen LogP contribution >= 0.6 is 0 Å². The maximum absolute atomic E-state index is 12.4. The van der Waals surface area contributed by atoms with E-state index in [0.717, 1.165) is 18.7 Å². The second-order valence-corrected chi connectivity index (χ2v) is 5.04. The summed E-state index contributed by atoms with van der Waals surface area (Å²) in [5, 5.41) is 0. The Morgan fingerprint density at radius 1 is 1.68 bits per heavy atom. The van der Waals surface area contributed by atoms with Gasteiger partial charge in [0.2, 0.25) is 5.91 Å². The molecule has 0 aromatic carbocycles. The molecule has 1 heterocycles. The Bertz CT molecular complexity index is 428. The predicted molar refractivity (Wildman–Crippen MR) is 71.2 cm³/mol. The molecule has 1 aromatic rings. The van der Waals surface area contributed by atoms with E-state index in [2.05, 4.69) is 4.98 Å². The molecule has 1 unspecified atom stereocenters. The van der Waals surface area contributed by atoms with Crippen LogP contribution in [0.1, 0.15) is 25.1 Å². The van der Waals surface area contributed by atoms with Crippen molar-refractivity contribution in [2.45, 2.75) is 37.9 Å². The molecule has 1 saturated carbocycles. The third-order valence-electron chi connectivity index (χ3n) is 3.45. The summed E-state index contributed by atoms with van der Waals surface area (Å²) in [5.74, 6) is 0.891. The third kappa shape index (κ3) is 3.54. The first-order valence-corrected chi connectivity index (χ1v) is 6.64. The van der Waals surface area contributed by atoms with E-state index in [9.17, 15) is 4.79 Å². The fourth-order valence-electron chi connectivity index (χ4n) is 2.06. The van der Waals surface area contributed by atoms with Gasteiger partial charge in [0, 0.05) is 39.2 Å². The molecule has 0 bridgehead atoms. The molecular weight excluding hydrogens is 244 g/mol. The number of hydrogen-bond donors (Lipinski definition) is 1. The summed E-state index contributed by atoms with van der Waals surface area (Å²) < 4.78 is 6.91. The van der Waals surface area contributed by atoms with Crippen molar-refractivity contribution in [1.29, 1.82) is 0 Å². The topological polar surface area (TPSA) is 73.4 Å². The number of nitrogens with zero attached hydrogens (tertiary/aromatic N) is 3. The number of hydrogen-bond acceptors (Lipinski definition) is 4. The molecule has 0 aliphatic heterocycles. The number of imidazole rings is 1. The average molecular weight is 266 g/mol. The van der Waals surface area contributed by atoms with Gasteiger partial charge in [-0.05, 0) is 19.3 Å². The van der Waals surface area contributed by atoms with Gasteiger partial charge >= 0.3 is 0 Å². The number of rotatable bonds is 7. The van der Waals surface area contributed by atoms with E-state index in [4.69, 9.17) is 10.5 Å². The second kappa shape index (κ2) is 6.16. The van der Waals surface area contributed by atoms with Gasteiger partial charge in [0.25, 0.3) is 0 Å². The zero-order chi connectivity index (χ0) is 13.8. The maximum Gasteiger partial charge on any atom is 0.240 e. The molecule has 2 N–H and O–H groups in total. The molecule has 6 nitrogen and oxygen atoms in total. The standard InChI is InChI=1S/C13H22N4O2/c1-16-7-6-15-12(16)9-17(10-3-4-10)13(18)11(14)5-8-19-2/h6-7,10-11H,3-5,8-9,14H2,1-2H3.